The van der Waals surface area contributed by atoms with Gasteiger partial charge < -0.3 is 15.0 Å². The third kappa shape index (κ3) is 4.64. The summed E-state index contributed by atoms with van der Waals surface area (Å²) in [6, 6.07) is 17.9. The lowest BCUT2D eigenvalue weighted by Gasteiger charge is -2.32. The molecule has 1 heterocycles. The molecule has 0 saturated carbocycles. The number of fused-ring (bicyclic) bond motifs is 1. The Hall–Kier alpha value is -3.74. The van der Waals surface area contributed by atoms with Crippen LogP contribution in [-0.4, -0.2) is 22.8 Å². The summed E-state index contributed by atoms with van der Waals surface area (Å²) >= 11 is 0. The number of nitrogens with zero attached hydrogens (tertiary/aromatic N) is 1. The highest BCUT2D eigenvalue weighted by molar-refractivity contribution is 6.04. The maximum absolute atomic E-state index is 14.0. The van der Waals surface area contributed by atoms with Gasteiger partial charge >= 0.3 is 0 Å². The van der Waals surface area contributed by atoms with Crippen molar-refractivity contribution >= 4 is 17.5 Å². The highest BCUT2D eigenvalue weighted by Crippen LogP contribution is 2.35. The molecular weight excluding hydrogens is 438 g/mol. The van der Waals surface area contributed by atoms with E-state index in [9.17, 15) is 18.4 Å². The van der Waals surface area contributed by atoms with Crippen molar-refractivity contribution in [2.75, 3.05) is 5.32 Å². The Morgan fingerprint density at radius 2 is 1.76 bits per heavy atom. The molecule has 3 aromatic carbocycles. The van der Waals surface area contributed by atoms with E-state index in [1.165, 1.54) is 6.07 Å². The molecule has 7 heteroatoms. The molecule has 1 aliphatic heterocycles. The molecule has 0 fully saturated rings. The fraction of sp³-hybridized carbons (Fsp3) is 0.259. The van der Waals surface area contributed by atoms with E-state index in [2.05, 4.69) is 5.32 Å². The van der Waals surface area contributed by atoms with Crippen LogP contribution in [-0.2, 0) is 11.3 Å². The third-order valence-corrected chi connectivity index (χ3v) is 5.99. The number of nitrogens with one attached hydrogen (secondary N) is 1. The molecule has 3 aromatic rings. The summed E-state index contributed by atoms with van der Waals surface area (Å²) < 4.78 is 34.1. The summed E-state index contributed by atoms with van der Waals surface area (Å²) in [5.74, 6) is -2.33. The molecule has 2 amide bonds. The van der Waals surface area contributed by atoms with Gasteiger partial charge in [0.1, 0.15) is 22.9 Å². The molecule has 5 nitrogen and oxygen atoms in total. The fourth-order valence-electron chi connectivity index (χ4n) is 4.29. The summed E-state index contributed by atoms with van der Waals surface area (Å²) in [5, 5.41) is 2.56. The lowest BCUT2D eigenvalue weighted by molar-refractivity contribution is -0.141. The van der Waals surface area contributed by atoms with Gasteiger partial charge in [0.2, 0.25) is 0 Å². The lowest BCUT2D eigenvalue weighted by Crippen LogP contribution is -2.41. The van der Waals surface area contributed by atoms with Crippen LogP contribution in [0.15, 0.2) is 66.7 Å². The average molecular weight is 465 g/mol. The van der Waals surface area contributed by atoms with Gasteiger partial charge in [-0.05, 0) is 48.7 Å². The molecule has 2 atom stereocenters. The molecule has 0 saturated heterocycles. The second-order valence-electron chi connectivity index (χ2n) is 8.19. The summed E-state index contributed by atoms with van der Waals surface area (Å²) in [6.07, 6.45) is 0.585. The van der Waals surface area contributed by atoms with E-state index in [0.717, 1.165) is 17.7 Å². The molecule has 0 aromatic heterocycles. The van der Waals surface area contributed by atoms with Crippen LogP contribution in [0.4, 0.5) is 14.5 Å². The first-order valence-corrected chi connectivity index (χ1v) is 11.3. The number of rotatable bonds is 6. The first-order chi connectivity index (χ1) is 16.4. The second kappa shape index (κ2) is 10.0. The van der Waals surface area contributed by atoms with Gasteiger partial charge in [0, 0.05) is 11.3 Å². The van der Waals surface area contributed by atoms with Crippen molar-refractivity contribution in [2.45, 2.75) is 45.4 Å². The largest absolute Gasteiger partial charge is 0.480 e. The van der Waals surface area contributed by atoms with Crippen molar-refractivity contribution in [1.29, 1.82) is 0 Å². The minimum atomic E-state index is -0.938. The van der Waals surface area contributed by atoms with Crippen LogP contribution in [0.3, 0.4) is 0 Å². The van der Waals surface area contributed by atoms with E-state index >= 15 is 0 Å². The second-order valence-corrected chi connectivity index (χ2v) is 8.19. The van der Waals surface area contributed by atoms with Gasteiger partial charge in [0.15, 0.2) is 6.10 Å². The maximum atomic E-state index is 14.0. The zero-order valence-corrected chi connectivity index (χ0v) is 19.1. The zero-order chi connectivity index (χ0) is 24.2. The summed E-state index contributed by atoms with van der Waals surface area (Å²) in [4.78, 5) is 27.8. The van der Waals surface area contributed by atoms with Gasteiger partial charge in [-0.2, -0.15) is 0 Å². The van der Waals surface area contributed by atoms with Crippen molar-refractivity contribution in [1.82, 2.24) is 4.90 Å². The van der Waals surface area contributed by atoms with Crippen LogP contribution in [0.2, 0.25) is 0 Å². The Kier molecular flexibility index (Phi) is 6.91. The Labute approximate surface area is 197 Å². The topological polar surface area (TPSA) is 58.6 Å². The van der Waals surface area contributed by atoms with Crippen LogP contribution in [0.1, 0.15) is 54.2 Å². The Bertz CT molecular complexity index is 1180. The number of hydrogen-bond acceptors (Lipinski definition) is 3. The van der Waals surface area contributed by atoms with Gasteiger partial charge in [-0.3, -0.25) is 9.59 Å². The van der Waals surface area contributed by atoms with Crippen molar-refractivity contribution < 1.29 is 23.1 Å². The van der Waals surface area contributed by atoms with Gasteiger partial charge in [-0.15, -0.1) is 0 Å². The van der Waals surface area contributed by atoms with Crippen LogP contribution >= 0.6 is 0 Å². The number of halogens is 2. The molecule has 1 N–H and O–H groups in total. The number of benzene rings is 3. The molecule has 0 radical (unpaired) electrons. The van der Waals surface area contributed by atoms with E-state index < -0.39 is 29.2 Å². The fourth-order valence-corrected chi connectivity index (χ4v) is 4.29. The summed E-state index contributed by atoms with van der Waals surface area (Å²) in [6.45, 7) is 4.20. The monoisotopic (exact) mass is 464 g/mol. The van der Waals surface area contributed by atoms with E-state index in [1.807, 2.05) is 44.2 Å². The molecule has 4 rings (SSSR count). The average Bonchev–Trinajstić information content (AvgIpc) is 2.96. The van der Waals surface area contributed by atoms with Crippen molar-refractivity contribution in [3.8, 4) is 5.75 Å². The van der Waals surface area contributed by atoms with Crippen LogP contribution in [0, 0.1) is 11.6 Å². The number of hydrogen-bond donors (Lipinski definition) is 1. The first kappa shape index (κ1) is 23.4. The van der Waals surface area contributed by atoms with Gasteiger partial charge in [0.05, 0.1) is 12.6 Å². The summed E-state index contributed by atoms with van der Waals surface area (Å²) in [5.41, 5.74) is 1.43. The van der Waals surface area contributed by atoms with Crippen molar-refractivity contribution in [3.63, 3.8) is 0 Å². The SMILES string of the molecule is CCC1Oc2ccc(NC(=O)c3c(F)cccc3F)cc2CN(C(CC)c2ccccc2)C1=O. The molecule has 0 spiro atoms. The summed E-state index contributed by atoms with van der Waals surface area (Å²) in [7, 11) is 0. The van der Waals surface area contributed by atoms with Crippen LogP contribution in [0.5, 0.6) is 5.75 Å². The van der Waals surface area contributed by atoms with Gasteiger partial charge in [0.25, 0.3) is 11.8 Å². The van der Waals surface area contributed by atoms with E-state index in [1.54, 1.807) is 23.1 Å². The standard InChI is InChI=1S/C27H26F2N2O3/c1-3-22(17-9-6-5-7-10-17)31-16-18-15-19(13-14-24(18)34-23(4-2)27(31)33)30-26(32)25-20(28)11-8-12-21(25)29/h5-15,22-23H,3-4,16H2,1-2H3,(H,30,32). The van der Waals surface area contributed by atoms with Crippen molar-refractivity contribution in [2.24, 2.45) is 0 Å². The van der Waals surface area contributed by atoms with Crippen molar-refractivity contribution in [3.05, 3.63) is 95.1 Å². The number of carbonyl (C=O) groups excluding carboxylic acids is 2. The Morgan fingerprint density at radius 1 is 1.06 bits per heavy atom. The number of carbonyl (C=O) groups is 2. The smallest absolute Gasteiger partial charge is 0.264 e. The number of ether oxygens (including phenoxy) is 1. The lowest BCUT2D eigenvalue weighted by atomic mass is 10.0. The highest BCUT2D eigenvalue weighted by Gasteiger charge is 2.34. The normalized spacial score (nSPS) is 16.3. The molecular formula is C27H26F2N2O3. The highest BCUT2D eigenvalue weighted by atomic mass is 19.1. The quantitative estimate of drug-likeness (QED) is 0.497. The van der Waals surface area contributed by atoms with Gasteiger partial charge in [-0.25, -0.2) is 8.78 Å². The maximum Gasteiger partial charge on any atom is 0.264 e. The minimum Gasteiger partial charge on any atom is -0.480 e. The predicted octanol–water partition coefficient (Wildman–Crippen LogP) is 5.87. The number of amides is 2. The van der Waals surface area contributed by atoms with E-state index in [-0.39, 0.29) is 18.5 Å². The minimum absolute atomic E-state index is 0.103. The van der Waals surface area contributed by atoms with E-state index in [4.69, 9.17) is 4.74 Å². The van der Waals surface area contributed by atoms with Crippen LogP contribution in [0.25, 0.3) is 0 Å². The first-order valence-electron chi connectivity index (χ1n) is 11.3. The Morgan fingerprint density at radius 3 is 2.41 bits per heavy atom. The van der Waals surface area contributed by atoms with Crippen LogP contribution < -0.4 is 10.1 Å². The molecule has 0 aliphatic carbocycles. The zero-order valence-electron chi connectivity index (χ0n) is 19.1. The molecule has 1 aliphatic rings. The number of anilines is 1. The Balaban J connectivity index is 1.67. The predicted molar refractivity (Wildman–Crippen MR) is 125 cm³/mol. The van der Waals surface area contributed by atoms with Gasteiger partial charge in [-0.1, -0.05) is 50.2 Å². The molecule has 0 bridgehead atoms. The molecule has 34 heavy (non-hydrogen) atoms. The molecule has 176 valence electrons. The van der Waals surface area contributed by atoms with E-state index in [0.29, 0.717) is 29.8 Å². The third-order valence-electron chi connectivity index (χ3n) is 5.99. The molecule has 2 unspecified atom stereocenters.